The first-order chi connectivity index (χ1) is 10.7. The summed E-state index contributed by atoms with van der Waals surface area (Å²) in [5.74, 6) is 2.07. The third-order valence-corrected chi connectivity index (χ3v) is 4.24. The lowest BCUT2D eigenvalue weighted by Gasteiger charge is -2.10. The number of aromatic nitrogens is 4. The molecular formula is C16H17N5O. The molecule has 6 heteroatoms. The molecule has 1 aromatic carbocycles. The van der Waals surface area contributed by atoms with Gasteiger partial charge in [-0.15, -0.1) is 0 Å². The van der Waals surface area contributed by atoms with Gasteiger partial charge in [-0.05, 0) is 6.42 Å². The van der Waals surface area contributed by atoms with Crippen LogP contribution in [0.4, 0.5) is 5.82 Å². The van der Waals surface area contributed by atoms with Gasteiger partial charge in [0, 0.05) is 25.2 Å². The van der Waals surface area contributed by atoms with Crippen LogP contribution in [0.15, 0.2) is 35.1 Å². The summed E-state index contributed by atoms with van der Waals surface area (Å²) in [4.78, 5) is 21.7. The zero-order valence-corrected chi connectivity index (χ0v) is 12.6. The first-order valence-corrected chi connectivity index (χ1v) is 7.48. The monoisotopic (exact) mass is 295 g/mol. The molecule has 3 aliphatic rings. The molecule has 0 amide bonds. The van der Waals surface area contributed by atoms with Crippen molar-refractivity contribution in [2.75, 3.05) is 5.32 Å². The van der Waals surface area contributed by atoms with Gasteiger partial charge in [0.25, 0.3) is 0 Å². The minimum Gasteiger partial charge on any atom is -0.365 e. The number of nitrogens with zero attached hydrogens (tertiary/aromatic N) is 4. The summed E-state index contributed by atoms with van der Waals surface area (Å²) in [6.07, 6.45) is 0.964. The molecule has 3 heterocycles. The smallest absolute Gasteiger partial charge is 0.331 e. The van der Waals surface area contributed by atoms with Crippen molar-refractivity contribution in [3.63, 3.8) is 0 Å². The molecule has 0 unspecified atom stereocenters. The highest BCUT2D eigenvalue weighted by molar-refractivity contribution is 5.73. The molecule has 0 fully saturated rings. The van der Waals surface area contributed by atoms with Crippen LogP contribution >= 0.6 is 0 Å². The highest BCUT2D eigenvalue weighted by atomic mass is 16.1. The Morgan fingerprint density at radius 1 is 1.27 bits per heavy atom. The molecule has 1 aromatic rings. The normalized spacial score (nSPS) is 16.7. The fraction of sp³-hybridized carbons (Fsp3) is 0.312. The van der Waals surface area contributed by atoms with Crippen molar-refractivity contribution in [1.82, 2.24) is 19.1 Å². The number of imidazole rings is 1. The molecule has 3 aliphatic heterocycles. The Morgan fingerprint density at radius 3 is 2.77 bits per heavy atom. The fourth-order valence-corrected chi connectivity index (χ4v) is 2.94. The first kappa shape index (κ1) is 13.1. The van der Waals surface area contributed by atoms with Crippen molar-refractivity contribution in [1.29, 1.82) is 0 Å². The van der Waals surface area contributed by atoms with E-state index in [1.54, 1.807) is 16.2 Å². The van der Waals surface area contributed by atoms with Crippen LogP contribution in [0.3, 0.4) is 0 Å². The summed E-state index contributed by atoms with van der Waals surface area (Å²) in [6.45, 7) is 2.79. The van der Waals surface area contributed by atoms with Crippen LogP contribution in [0, 0.1) is 0 Å². The molecule has 1 atom stereocenters. The van der Waals surface area contributed by atoms with Crippen LogP contribution in [0.25, 0.3) is 22.9 Å². The van der Waals surface area contributed by atoms with E-state index in [1.165, 1.54) is 0 Å². The van der Waals surface area contributed by atoms with Crippen molar-refractivity contribution in [3.05, 3.63) is 40.8 Å². The van der Waals surface area contributed by atoms with Crippen molar-refractivity contribution in [3.8, 4) is 22.9 Å². The van der Waals surface area contributed by atoms with Crippen LogP contribution in [0.1, 0.15) is 13.3 Å². The SMILES string of the molecule is CC[C@H]1Cn2c(c3nc(-c4ccccc4)nc-3n(C)c2=O)N1. The Balaban J connectivity index is 1.96. The minimum atomic E-state index is -0.0505. The maximum atomic E-state index is 12.5. The van der Waals surface area contributed by atoms with E-state index in [4.69, 9.17) is 0 Å². The van der Waals surface area contributed by atoms with E-state index >= 15 is 0 Å². The molecule has 0 saturated heterocycles. The van der Waals surface area contributed by atoms with Crippen LogP contribution < -0.4 is 11.0 Å². The van der Waals surface area contributed by atoms with Gasteiger partial charge in [0.1, 0.15) is 11.5 Å². The summed E-state index contributed by atoms with van der Waals surface area (Å²) in [5, 5.41) is 3.41. The van der Waals surface area contributed by atoms with Gasteiger partial charge in [-0.1, -0.05) is 37.3 Å². The average Bonchev–Trinajstić information content (AvgIpc) is 3.17. The number of nitrogens with one attached hydrogen (secondary N) is 1. The van der Waals surface area contributed by atoms with Crippen LogP contribution in [-0.2, 0) is 13.6 Å². The predicted octanol–water partition coefficient (Wildman–Crippen LogP) is 1.95. The largest absolute Gasteiger partial charge is 0.365 e. The lowest BCUT2D eigenvalue weighted by Crippen LogP contribution is -2.30. The summed E-state index contributed by atoms with van der Waals surface area (Å²) in [6, 6.07) is 10.1. The Morgan fingerprint density at radius 2 is 2.05 bits per heavy atom. The maximum Gasteiger partial charge on any atom is 0.331 e. The van der Waals surface area contributed by atoms with Gasteiger partial charge in [0.05, 0.1) is 0 Å². The summed E-state index contributed by atoms with van der Waals surface area (Å²) >= 11 is 0. The van der Waals surface area contributed by atoms with Crippen LogP contribution in [-0.4, -0.2) is 25.1 Å². The molecule has 0 aromatic heterocycles. The van der Waals surface area contributed by atoms with E-state index < -0.39 is 0 Å². The zero-order chi connectivity index (χ0) is 15.3. The third-order valence-electron chi connectivity index (χ3n) is 4.24. The topological polar surface area (TPSA) is 64.7 Å². The van der Waals surface area contributed by atoms with Gasteiger partial charge in [-0.3, -0.25) is 9.13 Å². The molecule has 0 aliphatic carbocycles. The number of hydrogen-bond donors (Lipinski definition) is 1. The highest BCUT2D eigenvalue weighted by Gasteiger charge is 2.30. The summed E-state index contributed by atoms with van der Waals surface area (Å²) in [5.41, 5.74) is 1.66. The first-order valence-electron chi connectivity index (χ1n) is 7.48. The van der Waals surface area contributed by atoms with E-state index in [9.17, 15) is 4.79 Å². The van der Waals surface area contributed by atoms with Crippen molar-refractivity contribution in [2.24, 2.45) is 7.05 Å². The molecule has 4 rings (SSSR count). The number of benzene rings is 1. The second-order valence-electron chi connectivity index (χ2n) is 5.64. The Hall–Kier alpha value is -2.63. The van der Waals surface area contributed by atoms with E-state index in [1.807, 2.05) is 30.3 Å². The number of fused-ring (bicyclic) bond motifs is 3. The molecular weight excluding hydrogens is 278 g/mol. The molecule has 0 radical (unpaired) electrons. The zero-order valence-electron chi connectivity index (χ0n) is 12.6. The maximum absolute atomic E-state index is 12.5. The van der Waals surface area contributed by atoms with Crippen molar-refractivity contribution >= 4 is 5.82 Å². The Kier molecular flexibility index (Phi) is 2.79. The number of rotatable bonds is 2. The van der Waals surface area contributed by atoms with Gasteiger partial charge >= 0.3 is 5.69 Å². The van der Waals surface area contributed by atoms with Gasteiger partial charge < -0.3 is 5.32 Å². The van der Waals surface area contributed by atoms with Gasteiger partial charge in [0.2, 0.25) is 0 Å². The molecule has 0 saturated carbocycles. The third kappa shape index (κ3) is 1.76. The standard InChI is InChI=1S/C16H17N5O/c1-3-11-9-21-15(17-11)12-14(20(2)16(21)22)19-13(18-12)10-7-5-4-6-8-10/h4-8,11,17H,3,9H2,1-2H3/t11-/m0/s1. The van der Waals surface area contributed by atoms with Crippen molar-refractivity contribution in [2.45, 2.75) is 25.9 Å². The van der Waals surface area contributed by atoms with Crippen molar-refractivity contribution < 1.29 is 0 Å². The van der Waals surface area contributed by atoms with Crippen LogP contribution in [0.5, 0.6) is 0 Å². The minimum absolute atomic E-state index is 0.0505. The molecule has 6 nitrogen and oxygen atoms in total. The molecule has 112 valence electrons. The summed E-state index contributed by atoms with van der Waals surface area (Å²) < 4.78 is 3.35. The predicted molar refractivity (Wildman–Crippen MR) is 85.0 cm³/mol. The van der Waals surface area contributed by atoms with Gasteiger partial charge in [-0.25, -0.2) is 14.8 Å². The van der Waals surface area contributed by atoms with Gasteiger partial charge in [-0.2, -0.15) is 0 Å². The second-order valence-corrected chi connectivity index (χ2v) is 5.64. The average molecular weight is 295 g/mol. The highest BCUT2D eigenvalue weighted by Crippen LogP contribution is 2.32. The van der Waals surface area contributed by atoms with E-state index in [0.29, 0.717) is 18.2 Å². The number of hydrogen-bond acceptors (Lipinski definition) is 4. The lowest BCUT2D eigenvalue weighted by atomic mass is 10.2. The quantitative estimate of drug-likeness (QED) is 0.785. The molecule has 0 bridgehead atoms. The Labute approximate surface area is 127 Å². The molecule has 22 heavy (non-hydrogen) atoms. The second kappa shape index (κ2) is 4.69. The Bertz CT molecular complexity index is 864. The molecule has 1 N–H and O–H groups in total. The van der Waals surface area contributed by atoms with E-state index in [0.717, 1.165) is 23.5 Å². The lowest BCUT2D eigenvalue weighted by molar-refractivity contribution is 0.590. The number of anilines is 1. The summed E-state index contributed by atoms with van der Waals surface area (Å²) in [7, 11) is 1.75. The van der Waals surface area contributed by atoms with E-state index in [2.05, 4.69) is 22.2 Å². The van der Waals surface area contributed by atoms with E-state index in [-0.39, 0.29) is 11.7 Å². The van der Waals surface area contributed by atoms with Crippen LogP contribution in [0.2, 0.25) is 0 Å². The fourth-order valence-electron chi connectivity index (χ4n) is 2.94. The van der Waals surface area contributed by atoms with Gasteiger partial charge in [0.15, 0.2) is 11.6 Å². The molecule has 0 spiro atoms.